The molecule has 1 heterocycles. The molecule has 22 heavy (non-hydrogen) atoms. The molecule has 0 aliphatic heterocycles. The molecule has 2 rings (SSSR count). The molecule has 0 atom stereocenters. The molecule has 1 aromatic carbocycles. The highest BCUT2D eigenvalue weighted by atomic mass is 16.5. The van der Waals surface area contributed by atoms with Gasteiger partial charge in [-0.15, -0.1) is 0 Å². The molecule has 0 aliphatic carbocycles. The van der Waals surface area contributed by atoms with Gasteiger partial charge < -0.3 is 15.4 Å². The Morgan fingerprint density at radius 3 is 2.36 bits per heavy atom. The van der Waals surface area contributed by atoms with Crippen LogP contribution in [-0.2, 0) is 4.74 Å². The third-order valence-corrected chi connectivity index (χ3v) is 2.85. The van der Waals surface area contributed by atoms with Crippen molar-refractivity contribution in [3.05, 3.63) is 41.7 Å². The number of hydrogen-bond donors (Lipinski definition) is 2. The molecule has 0 radical (unpaired) electrons. The van der Waals surface area contributed by atoms with Crippen molar-refractivity contribution >= 4 is 23.3 Å². The van der Waals surface area contributed by atoms with Crippen LogP contribution in [0.5, 0.6) is 0 Å². The van der Waals surface area contributed by atoms with Crippen LogP contribution in [0.2, 0.25) is 0 Å². The van der Waals surface area contributed by atoms with Crippen LogP contribution in [0.3, 0.4) is 0 Å². The number of rotatable bonds is 5. The zero-order valence-electron chi connectivity index (χ0n) is 13.2. The maximum atomic E-state index is 11.4. The summed E-state index contributed by atoms with van der Waals surface area (Å²) in [5.74, 6) is 1.80. The maximum Gasteiger partial charge on any atom is 0.337 e. The Morgan fingerprint density at radius 2 is 1.77 bits per heavy atom. The van der Waals surface area contributed by atoms with Crippen LogP contribution in [0.25, 0.3) is 0 Å². The van der Waals surface area contributed by atoms with Crippen LogP contribution in [0.1, 0.15) is 30.0 Å². The van der Waals surface area contributed by atoms with Gasteiger partial charge in [-0.3, -0.25) is 0 Å². The number of esters is 1. The van der Waals surface area contributed by atoms with Gasteiger partial charge in [0.05, 0.1) is 12.7 Å². The number of methoxy groups -OCH3 is 1. The zero-order valence-corrected chi connectivity index (χ0v) is 13.2. The average molecular weight is 300 g/mol. The summed E-state index contributed by atoms with van der Waals surface area (Å²) in [5.41, 5.74) is 1.34. The van der Waals surface area contributed by atoms with Gasteiger partial charge in [-0.25, -0.2) is 14.8 Å². The molecule has 0 unspecified atom stereocenters. The minimum Gasteiger partial charge on any atom is -0.465 e. The third-order valence-electron chi connectivity index (χ3n) is 2.85. The molecular formula is C16H20N4O2. The molecule has 0 fully saturated rings. The van der Waals surface area contributed by atoms with E-state index >= 15 is 0 Å². The summed E-state index contributed by atoms with van der Waals surface area (Å²) < 4.78 is 4.67. The van der Waals surface area contributed by atoms with Gasteiger partial charge in [0, 0.05) is 17.8 Å². The lowest BCUT2D eigenvalue weighted by molar-refractivity contribution is 0.0601. The highest BCUT2D eigenvalue weighted by molar-refractivity contribution is 5.89. The Balaban J connectivity index is 2.16. The second kappa shape index (κ2) is 6.89. The standard InChI is InChI=1S/C16H20N4O2/c1-10(2)17-14-9-15(19-11(3)18-14)20-13-7-5-12(6-8-13)16(21)22-4/h5-10H,1-4H3,(H2,17,18,19,20). The smallest absolute Gasteiger partial charge is 0.337 e. The van der Waals surface area contributed by atoms with Crippen LogP contribution in [0.15, 0.2) is 30.3 Å². The topological polar surface area (TPSA) is 76.1 Å². The van der Waals surface area contributed by atoms with E-state index in [0.29, 0.717) is 23.2 Å². The number of benzene rings is 1. The number of aryl methyl sites for hydroxylation is 1. The van der Waals surface area contributed by atoms with Crippen LogP contribution in [-0.4, -0.2) is 29.1 Å². The molecule has 0 aliphatic rings. The molecule has 0 saturated heterocycles. The van der Waals surface area contributed by atoms with Crippen molar-refractivity contribution in [2.45, 2.75) is 26.8 Å². The van der Waals surface area contributed by atoms with E-state index < -0.39 is 0 Å². The summed E-state index contributed by atoms with van der Waals surface area (Å²) in [4.78, 5) is 20.1. The van der Waals surface area contributed by atoms with Crippen molar-refractivity contribution in [3.63, 3.8) is 0 Å². The molecule has 0 bridgehead atoms. The minimum absolute atomic E-state index is 0.293. The van der Waals surface area contributed by atoms with Crippen molar-refractivity contribution in [1.82, 2.24) is 9.97 Å². The number of anilines is 3. The van der Waals surface area contributed by atoms with Crippen LogP contribution in [0.4, 0.5) is 17.3 Å². The van der Waals surface area contributed by atoms with Crippen molar-refractivity contribution in [2.75, 3.05) is 17.7 Å². The largest absolute Gasteiger partial charge is 0.465 e. The number of hydrogen-bond acceptors (Lipinski definition) is 6. The monoisotopic (exact) mass is 300 g/mol. The molecule has 0 saturated carbocycles. The fraction of sp³-hybridized carbons (Fsp3) is 0.312. The number of aromatic nitrogens is 2. The Kier molecular flexibility index (Phi) is 4.93. The van der Waals surface area contributed by atoms with Gasteiger partial charge in [-0.1, -0.05) is 0 Å². The van der Waals surface area contributed by atoms with Gasteiger partial charge in [0.25, 0.3) is 0 Å². The second-order valence-electron chi connectivity index (χ2n) is 5.18. The van der Waals surface area contributed by atoms with Crippen molar-refractivity contribution < 1.29 is 9.53 Å². The first-order valence-corrected chi connectivity index (χ1v) is 7.05. The third kappa shape index (κ3) is 4.18. The van der Waals surface area contributed by atoms with E-state index in [4.69, 9.17) is 0 Å². The highest BCUT2D eigenvalue weighted by Crippen LogP contribution is 2.18. The van der Waals surface area contributed by atoms with Gasteiger partial charge in [0.15, 0.2) is 0 Å². The first-order valence-electron chi connectivity index (χ1n) is 7.05. The van der Waals surface area contributed by atoms with E-state index in [1.54, 1.807) is 24.3 Å². The van der Waals surface area contributed by atoms with Gasteiger partial charge >= 0.3 is 5.97 Å². The zero-order chi connectivity index (χ0) is 16.1. The Labute approximate surface area is 129 Å². The SMILES string of the molecule is COC(=O)c1ccc(Nc2cc(NC(C)C)nc(C)n2)cc1. The van der Waals surface area contributed by atoms with Crippen LogP contribution < -0.4 is 10.6 Å². The van der Waals surface area contributed by atoms with E-state index in [9.17, 15) is 4.79 Å². The predicted octanol–water partition coefficient (Wildman–Crippen LogP) is 3.14. The lowest BCUT2D eigenvalue weighted by Crippen LogP contribution is -2.12. The van der Waals surface area contributed by atoms with Crippen LogP contribution in [0, 0.1) is 6.92 Å². The number of nitrogens with zero attached hydrogens (tertiary/aromatic N) is 2. The number of nitrogens with one attached hydrogen (secondary N) is 2. The van der Waals surface area contributed by atoms with E-state index in [0.717, 1.165) is 11.5 Å². The quantitative estimate of drug-likeness (QED) is 0.826. The molecule has 6 nitrogen and oxygen atoms in total. The summed E-state index contributed by atoms with van der Waals surface area (Å²) in [6, 6.07) is 9.16. The van der Waals surface area contributed by atoms with Crippen LogP contribution >= 0.6 is 0 Å². The van der Waals surface area contributed by atoms with Gasteiger partial charge in [0.1, 0.15) is 17.5 Å². The van der Waals surface area contributed by atoms with Crippen molar-refractivity contribution in [3.8, 4) is 0 Å². The molecule has 2 N–H and O–H groups in total. The Hall–Kier alpha value is -2.63. The van der Waals surface area contributed by atoms with E-state index in [2.05, 4.69) is 39.2 Å². The maximum absolute atomic E-state index is 11.4. The Morgan fingerprint density at radius 1 is 1.14 bits per heavy atom. The lowest BCUT2D eigenvalue weighted by Gasteiger charge is -2.12. The number of ether oxygens (including phenoxy) is 1. The molecule has 0 spiro atoms. The molecule has 2 aromatic rings. The second-order valence-corrected chi connectivity index (χ2v) is 5.18. The van der Waals surface area contributed by atoms with E-state index in [1.165, 1.54) is 7.11 Å². The molecule has 6 heteroatoms. The fourth-order valence-electron chi connectivity index (χ4n) is 1.96. The first kappa shape index (κ1) is 15.8. The van der Waals surface area contributed by atoms with E-state index in [-0.39, 0.29) is 5.97 Å². The first-order chi connectivity index (χ1) is 10.5. The summed E-state index contributed by atoms with van der Waals surface area (Å²) >= 11 is 0. The summed E-state index contributed by atoms with van der Waals surface area (Å²) in [6.45, 7) is 5.95. The Bertz CT molecular complexity index is 654. The molecule has 116 valence electrons. The summed E-state index contributed by atoms with van der Waals surface area (Å²) in [7, 11) is 1.36. The van der Waals surface area contributed by atoms with Gasteiger partial charge in [-0.2, -0.15) is 0 Å². The normalized spacial score (nSPS) is 10.4. The molecular weight excluding hydrogens is 280 g/mol. The predicted molar refractivity (Wildman–Crippen MR) is 86.6 cm³/mol. The number of carbonyl (C=O) groups excluding carboxylic acids is 1. The van der Waals surface area contributed by atoms with Crippen molar-refractivity contribution in [1.29, 1.82) is 0 Å². The van der Waals surface area contributed by atoms with Crippen molar-refractivity contribution in [2.24, 2.45) is 0 Å². The highest BCUT2D eigenvalue weighted by Gasteiger charge is 2.06. The fourth-order valence-corrected chi connectivity index (χ4v) is 1.96. The summed E-state index contributed by atoms with van der Waals surface area (Å²) in [5, 5.41) is 6.45. The molecule has 1 aromatic heterocycles. The molecule has 0 amide bonds. The van der Waals surface area contributed by atoms with Gasteiger partial charge in [-0.05, 0) is 45.0 Å². The summed E-state index contributed by atoms with van der Waals surface area (Å²) in [6.07, 6.45) is 0. The van der Waals surface area contributed by atoms with Gasteiger partial charge in [0.2, 0.25) is 0 Å². The minimum atomic E-state index is -0.354. The van der Waals surface area contributed by atoms with E-state index in [1.807, 2.05) is 13.0 Å². The number of carbonyl (C=O) groups is 1. The average Bonchev–Trinajstić information content (AvgIpc) is 2.46. The lowest BCUT2D eigenvalue weighted by atomic mass is 10.2.